The fourth-order valence-electron chi connectivity index (χ4n) is 3.01. The van der Waals surface area contributed by atoms with Crippen LogP contribution in [-0.2, 0) is 4.79 Å². The van der Waals surface area contributed by atoms with Crippen LogP contribution in [0.15, 0.2) is 51.9 Å². The summed E-state index contributed by atoms with van der Waals surface area (Å²) in [6.07, 6.45) is 5.00. The van der Waals surface area contributed by atoms with Crippen molar-refractivity contribution in [2.75, 3.05) is 0 Å². The summed E-state index contributed by atoms with van der Waals surface area (Å²) in [5.41, 5.74) is 1.09. The molecule has 0 saturated carbocycles. The van der Waals surface area contributed by atoms with Gasteiger partial charge in [-0.15, -0.1) is 16.4 Å². The number of rotatable bonds is 4. The number of thiophene rings is 1. The van der Waals surface area contributed by atoms with Crippen molar-refractivity contribution in [2.45, 2.75) is 12.5 Å². The highest BCUT2D eigenvalue weighted by atomic mass is 32.1. The number of nitrogens with zero attached hydrogens (tertiary/aromatic N) is 6. The van der Waals surface area contributed by atoms with Crippen molar-refractivity contribution in [2.24, 2.45) is 5.10 Å². The van der Waals surface area contributed by atoms with Crippen molar-refractivity contribution in [3.63, 3.8) is 0 Å². The third kappa shape index (κ3) is 3.09. The fourth-order valence-corrected chi connectivity index (χ4v) is 4.60. The maximum absolute atomic E-state index is 12.8. The summed E-state index contributed by atoms with van der Waals surface area (Å²) in [6.45, 7) is 0. The van der Waals surface area contributed by atoms with E-state index in [9.17, 15) is 14.7 Å². The van der Waals surface area contributed by atoms with E-state index in [1.165, 1.54) is 27.1 Å². The van der Waals surface area contributed by atoms with Gasteiger partial charge in [-0.3, -0.25) is 14.8 Å². The Kier molecular flexibility index (Phi) is 4.18. The van der Waals surface area contributed by atoms with E-state index >= 15 is 0 Å². The number of thiazole rings is 1. The maximum Gasteiger partial charge on any atom is 0.328 e. The van der Waals surface area contributed by atoms with E-state index in [2.05, 4.69) is 20.2 Å². The number of aromatic nitrogens is 4. The molecule has 0 saturated heterocycles. The Balaban J connectivity index is 1.55. The zero-order chi connectivity index (χ0) is 20.0. The lowest BCUT2D eigenvalue weighted by molar-refractivity contribution is -0.141. The first-order valence-electron chi connectivity index (χ1n) is 8.54. The van der Waals surface area contributed by atoms with E-state index in [0.717, 1.165) is 21.8 Å². The van der Waals surface area contributed by atoms with Crippen LogP contribution >= 0.6 is 22.7 Å². The van der Waals surface area contributed by atoms with Gasteiger partial charge in [0.15, 0.2) is 11.9 Å². The van der Waals surface area contributed by atoms with Crippen LogP contribution in [0.5, 0.6) is 0 Å². The van der Waals surface area contributed by atoms with Crippen molar-refractivity contribution < 1.29 is 9.90 Å². The van der Waals surface area contributed by atoms with Crippen LogP contribution in [0.1, 0.15) is 11.3 Å². The van der Waals surface area contributed by atoms with Gasteiger partial charge in [0.2, 0.25) is 4.96 Å². The molecule has 5 rings (SSSR count). The Labute approximate surface area is 170 Å². The van der Waals surface area contributed by atoms with Gasteiger partial charge in [0, 0.05) is 30.6 Å². The van der Waals surface area contributed by atoms with Gasteiger partial charge in [-0.2, -0.15) is 14.6 Å². The second-order valence-electron chi connectivity index (χ2n) is 6.23. The van der Waals surface area contributed by atoms with Gasteiger partial charge >= 0.3 is 5.97 Å². The quantitative estimate of drug-likeness (QED) is 0.525. The minimum Gasteiger partial charge on any atom is -0.480 e. The van der Waals surface area contributed by atoms with Crippen molar-refractivity contribution in [3.05, 3.63) is 61.8 Å². The molecule has 0 aliphatic carbocycles. The molecule has 0 fully saturated rings. The Morgan fingerprint density at radius 1 is 1.28 bits per heavy atom. The molecule has 1 atom stereocenters. The molecule has 1 N–H and O–H groups in total. The molecule has 5 heterocycles. The molecule has 29 heavy (non-hydrogen) atoms. The molecule has 1 aliphatic heterocycles. The Morgan fingerprint density at radius 3 is 2.79 bits per heavy atom. The minimum absolute atomic E-state index is 0.271. The lowest BCUT2D eigenvalue weighted by Crippen LogP contribution is -2.34. The predicted molar refractivity (Wildman–Crippen MR) is 109 cm³/mol. The van der Waals surface area contributed by atoms with E-state index in [1.54, 1.807) is 24.5 Å². The highest BCUT2D eigenvalue weighted by Gasteiger charge is 2.32. The van der Waals surface area contributed by atoms with Gasteiger partial charge in [-0.25, -0.2) is 4.79 Å². The van der Waals surface area contributed by atoms with Crippen molar-refractivity contribution in [3.8, 4) is 11.4 Å². The van der Waals surface area contributed by atoms with Crippen molar-refractivity contribution in [1.82, 2.24) is 24.6 Å². The topological polar surface area (TPSA) is 113 Å². The number of aliphatic carboxylic acids is 1. The third-order valence-corrected chi connectivity index (χ3v) is 6.27. The predicted octanol–water partition coefficient (Wildman–Crippen LogP) is 1.29. The average molecular weight is 424 g/mol. The van der Waals surface area contributed by atoms with Gasteiger partial charge in [0.05, 0.1) is 10.6 Å². The van der Waals surface area contributed by atoms with Crippen LogP contribution in [0.4, 0.5) is 0 Å². The number of hydrazone groups is 1. The van der Waals surface area contributed by atoms with Gasteiger partial charge in [0.25, 0.3) is 5.56 Å². The lowest BCUT2D eigenvalue weighted by atomic mass is 10.1. The number of carboxylic acid groups (broad SMARTS) is 1. The number of carbonyl (C=O) groups is 1. The molecule has 0 aromatic carbocycles. The first kappa shape index (κ1) is 17.6. The Hall–Kier alpha value is -3.44. The summed E-state index contributed by atoms with van der Waals surface area (Å²) in [6, 6.07) is 6.45. The molecular weight excluding hydrogens is 412 g/mol. The van der Waals surface area contributed by atoms with Crippen LogP contribution in [0.25, 0.3) is 22.5 Å². The highest BCUT2D eigenvalue weighted by Crippen LogP contribution is 2.23. The molecule has 9 nitrogen and oxygen atoms in total. The summed E-state index contributed by atoms with van der Waals surface area (Å²) >= 11 is 2.64. The molecular formula is C18H12N6O3S2. The molecule has 0 bridgehead atoms. The first-order valence-corrected chi connectivity index (χ1v) is 10.2. The molecule has 0 unspecified atom stereocenters. The lowest BCUT2D eigenvalue weighted by Gasteiger charge is -2.14. The van der Waals surface area contributed by atoms with E-state index in [0.29, 0.717) is 21.0 Å². The highest BCUT2D eigenvalue weighted by molar-refractivity contribution is 7.15. The van der Waals surface area contributed by atoms with E-state index in [1.807, 2.05) is 17.5 Å². The molecule has 144 valence electrons. The monoisotopic (exact) mass is 424 g/mol. The summed E-state index contributed by atoms with van der Waals surface area (Å²) in [5, 5.41) is 21.5. The standard InChI is InChI=1S/C18H12N6O3S2/c25-16-14(29-18-20-15(22-24(16)18)10-3-5-19-6-4-10)9-23-12(17(26)27)8-11(21-23)13-2-1-7-28-13/h1-7,9,12H,8H2,(H,26,27)/b14-9-/t12-/m1/s1. The molecule has 4 aromatic heterocycles. The number of hydrogen-bond acceptors (Lipinski definition) is 9. The van der Waals surface area contributed by atoms with E-state index < -0.39 is 12.0 Å². The van der Waals surface area contributed by atoms with Crippen LogP contribution in [0, 0.1) is 0 Å². The Bertz CT molecular complexity index is 1340. The summed E-state index contributed by atoms with van der Waals surface area (Å²) in [5.74, 6) is -0.562. The maximum atomic E-state index is 12.8. The van der Waals surface area contributed by atoms with Gasteiger partial charge in [0.1, 0.15) is 4.53 Å². The number of pyridine rings is 1. The van der Waals surface area contributed by atoms with Gasteiger partial charge in [-0.1, -0.05) is 17.4 Å². The zero-order valence-electron chi connectivity index (χ0n) is 14.7. The molecule has 0 spiro atoms. The van der Waals surface area contributed by atoms with Crippen LogP contribution < -0.4 is 10.1 Å². The van der Waals surface area contributed by atoms with Crippen LogP contribution in [-0.4, -0.2) is 47.4 Å². The minimum atomic E-state index is -0.997. The number of fused-ring (bicyclic) bond motifs is 1. The number of carboxylic acids is 1. The van der Waals surface area contributed by atoms with E-state index in [-0.39, 0.29) is 12.0 Å². The van der Waals surface area contributed by atoms with E-state index in [4.69, 9.17) is 0 Å². The largest absolute Gasteiger partial charge is 0.480 e. The summed E-state index contributed by atoms with van der Waals surface area (Å²) in [4.78, 5) is 34.1. The molecule has 0 amide bonds. The third-order valence-electron chi connectivity index (χ3n) is 4.40. The molecule has 1 aliphatic rings. The first-order chi connectivity index (χ1) is 14.1. The Morgan fingerprint density at radius 2 is 2.10 bits per heavy atom. The SMILES string of the molecule is O=C(O)[C@H]1CC(c2cccs2)=NN1/C=c1\sc2nc(-c3ccncc3)nn2c1=O. The molecule has 0 radical (unpaired) electrons. The van der Waals surface area contributed by atoms with Crippen LogP contribution in [0.2, 0.25) is 0 Å². The smallest absolute Gasteiger partial charge is 0.328 e. The fraction of sp³-hybridized carbons (Fsp3) is 0.111. The van der Waals surface area contributed by atoms with Crippen molar-refractivity contribution in [1.29, 1.82) is 0 Å². The normalized spacial score (nSPS) is 17.2. The van der Waals surface area contributed by atoms with Crippen molar-refractivity contribution >= 4 is 45.5 Å². The van der Waals surface area contributed by atoms with Gasteiger partial charge in [-0.05, 0) is 23.6 Å². The van der Waals surface area contributed by atoms with Gasteiger partial charge < -0.3 is 5.11 Å². The second kappa shape index (κ2) is 6.87. The molecule has 4 aromatic rings. The summed E-state index contributed by atoms with van der Waals surface area (Å²) in [7, 11) is 0. The second-order valence-corrected chi connectivity index (χ2v) is 8.19. The zero-order valence-corrected chi connectivity index (χ0v) is 16.3. The molecule has 11 heteroatoms. The summed E-state index contributed by atoms with van der Waals surface area (Å²) < 4.78 is 1.55. The average Bonchev–Trinajstić information content (AvgIpc) is 3.49. The van der Waals surface area contributed by atoms with Crippen LogP contribution in [0.3, 0.4) is 0 Å². The number of hydrogen-bond donors (Lipinski definition) is 1.